The number of hydrogen-bond acceptors (Lipinski definition) is 5. The van der Waals surface area contributed by atoms with Gasteiger partial charge in [-0.3, -0.25) is 0 Å². The fourth-order valence-electron chi connectivity index (χ4n) is 1.75. The SMILES string of the molecule is COc1cccc(C#N)c1NCc1nnc(C)n1C. The van der Waals surface area contributed by atoms with Gasteiger partial charge in [-0.25, -0.2) is 0 Å². The molecule has 19 heavy (non-hydrogen) atoms. The number of benzene rings is 1. The molecule has 0 saturated carbocycles. The summed E-state index contributed by atoms with van der Waals surface area (Å²) in [6.45, 7) is 2.37. The van der Waals surface area contributed by atoms with E-state index in [2.05, 4.69) is 21.6 Å². The van der Waals surface area contributed by atoms with Crippen molar-refractivity contribution in [2.45, 2.75) is 13.5 Å². The average Bonchev–Trinajstić information content (AvgIpc) is 2.76. The predicted molar refractivity (Wildman–Crippen MR) is 70.8 cm³/mol. The Balaban J connectivity index is 2.24. The molecule has 0 atom stereocenters. The topological polar surface area (TPSA) is 75.8 Å². The summed E-state index contributed by atoms with van der Waals surface area (Å²) in [4.78, 5) is 0. The van der Waals surface area contributed by atoms with Gasteiger partial charge in [-0.05, 0) is 19.1 Å². The third-order valence-electron chi connectivity index (χ3n) is 2.97. The molecule has 6 heteroatoms. The standard InChI is InChI=1S/C13H15N5O/c1-9-16-17-12(18(9)2)8-15-13-10(7-14)5-4-6-11(13)19-3/h4-6,15H,8H2,1-3H3. The second kappa shape index (κ2) is 5.40. The zero-order chi connectivity index (χ0) is 13.8. The number of methoxy groups -OCH3 is 1. The minimum absolute atomic E-state index is 0.479. The Morgan fingerprint density at radius 1 is 1.42 bits per heavy atom. The van der Waals surface area contributed by atoms with Crippen LogP contribution in [0.4, 0.5) is 5.69 Å². The van der Waals surface area contributed by atoms with Gasteiger partial charge in [0, 0.05) is 7.05 Å². The molecule has 2 rings (SSSR count). The molecule has 0 aliphatic rings. The lowest BCUT2D eigenvalue weighted by Gasteiger charge is -2.12. The number of para-hydroxylation sites is 1. The second-order valence-electron chi connectivity index (χ2n) is 4.07. The Labute approximate surface area is 111 Å². The van der Waals surface area contributed by atoms with E-state index in [-0.39, 0.29) is 0 Å². The first kappa shape index (κ1) is 12.9. The fraction of sp³-hybridized carbons (Fsp3) is 0.308. The highest BCUT2D eigenvalue weighted by molar-refractivity contribution is 5.66. The molecule has 2 aromatic rings. The van der Waals surface area contributed by atoms with Crippen molar-refractivity contribution < 1.29 is 4.74 Å². The fourth-order valence-corrected chi connectivity index (χ4v) is 1.75. The molecule has 0 radical (unpaired) electrons. The van der Waals surface area contributed by atoms with Crippen molar-refractivity contribution in [2.24, 2.45) is 7.05 Å². The molecule has 1 aromatic carbocycles. The van der Waals surface area contributed by atoms with Crippen LogP contribution in [0.25, 0.3) is 0 Å². The zero-order valence-electron chi connectivity index (χ0n) is 11.1. The van der Waals surface area contributed by atoms with E-state index < -0.39 is 0 Å². The first-order valence-corrected chi connectivity index (χ1v) is 5.83. The second-order valence-corrected chi connectivity index (χ2v) is 4.07. The molecule has 0 amide bonds. The highest BCUT2D eigenvalue weighted by Gasteiger charge is 2.10. The number of aromatic nitrogens is 3. The molecule has 0 fully saturated rings. The molecular formula is C13H15N5O. The minimum atomic E-state index is 0.479. The van der Waals surface area contributed by atoms with Crippen LogP contribution in [0.15, 0.2) is 18.2 Å². The Bertz CT molecular complexity index is 626. The van der Waals surface area contributed by atoms with Gasteiger partial charge in [0.15, 0.2) is 5.82 Å². The quantitative estimate of drug-likeness (QED) is 0.900. The number of nitrogens with zero attached hydrogens (tertiary/aromatic N) is 4. The lowest BCUT2D eigenvalue weighted by Crippen LogP contribution is -2.08. The molecule has 1 N–H and O–H groups in total. The summed E-state index contributed by atoms with van der Waals surface area (Å²) in [5, 5.41) is 20.4. The van der Waals surface area contributed by atoms with Gasteiger partial charge in [-0.15, -0.1) is 10.2 Å². The lowest BCUT2D eigenvalue weighted by atomic mass is 10.2. The van der Waals surface area contributed by atoms with Gasteiger partial charge in [0.05, 0.1) is 24.9 Å². The van der Waals surface area contributed by atoms with Gasteiger partial charge in [-0.1, -0.05) is 6.07 Å². The van der Waals surface area contributed by atoms with Crippen molar-refractivity contribution >= 4 is 5.69 Å². The number of hydrogen-bond donors (Lipinski definition) is 1. The zero-order valence-corrected chi connectivity index (χ0v) is 11.1. The summed E-state index contributed by atoms with van der Waals surface area (Å²) < 4.78 is 7.15. The van der Waals surface area contributed by atoms with E-state index in [9.17, 15) is 0 Å². The number of aryl methyl sites for hydroxylation is 1. The lowest BCUT2D eigenvalue weighted by molar-refractivity contribution is 0.416. The van der Waals surface area contributed by atoms with Crippen molar-refractivity contribution in [2.75, 3.05) is 12.4 Å². The summed E-state index contributed by atoms with van der Waals surface area (Å²) in [7, 11) is 3.48. The highest BCUT2D eigenvalue weighted by Crippen LogP contribution is 2.28. The van der Waals surface area contributed by atoms with Gasteiger partial charge >= 0.3 is 0 Å². The largest absolute Gasteiger partial charge is 0.495 e. The van der Waals surface area contributed by atoms with Crippen LogP contribution in [0, 0.1) is 18.3 Å². The van der Waals surface area contributed by atoms with E-state index in [4.69, 9.17) is 10.00 Å². The predicted octanol–water partition coefficient (Wildman–Crippen LogP) is 1.62. The Kier molecular flexibility index (Phi) is 3.66. The molecule has 0 aliphatic heterocycles. The number of nitriles is 1. The maximum atomic E-state index is 9.12. The average molecular weight is 257 g/mol. The smallest absolute Gasteiger partial charge is 0.152 e. The van der Waals surface area contributed by atoms with E-state index in [1.54, 1.807) is 19.2 Å². The van der Waals surface area contributed by atoms with Gasteiger partial charge in [0.2, 0.25) is 0 Å². The van der Waals surface area contributed by atoms with Gasteiger partial charge < -0.3 is 14.6 Å². The van der Waals surface area contributed by atoms with Crippen molar-refractivity contribution in [3.63, 3.8) is 0 Å². The monoisotopic (exact) mass is 257 g/mol. The summed E-state index contributed by atoms with van der Waals surface area (Å²) in [5.41, 5.74) is 1.21. The normalized spacial score (nSPS) is 10.0. The molecule has 0 spiro atoms. The van der Waals surface area contributed by atoms with E-state index in [1.807, 2.05) is 24.6 Å². The number of rotatable bonds is 4. The molecule has 0 bridgehead atoms. The van der Waals surface area contributed by atoms with Gasteiger partial charge in [-0.2, -0.15) is 5.26 Å². The maximum Gasteiger partial charge on any atom is 0.152 e. The molecule has 0 unspecified atom stereocenters. The molecule has 0 saturated heterocycles. The molecule has 1 aromatic heterocycles. The minimum Gasteiger partial charge on any atom is -0.495 e. The maximum absolute atomic E-state index is 9.12. The van der Waals surface area contributed by atoms with Crippen LogP contribution in [-0.4, -0.2) is 21.9 Å². The Morgan fingerprint density at radius 2 is 2.21 bits per heavy atom. The highest BCUT2D eigenvalue weighted by atomic mass is 16.5. The van der Waals surface area contributed by atoms with Crippen molar-refractivity contribution in [1.29, 1.82) is 5.26 Å². The third kappa shape index (κ3) is 2.50. The Morgan fingerprint density at radius 3 is 2.79 bits per heavy atom. The van der Waals surface area contributed by atoms with E-state index in [0.29, 0.717) is 23.5 Å². The van der Waals surface area contributed by atoms with Gasteiger partial charge in [0.25, 0.3) is 0 Å². The van der Waals surface area contributed by atoms with Crippen LogP contribution >= 0.6 is 0 Å². The summed E-state index contributed by atoms with van der Waals surface area (Å²) in [6, 6.07) is 7.48. The molecule has 0 aliphatic carbocycles. The molecule has 1 heterocycles. The Hall–Kier alpha value is -2.55. The van der Waals surface area contributed by atoms with E-state index in [1.165, 1.54) is 0 Å². The third-order valence-corrected chi connectivity index (χ3v) is 2.97. The van der Waals surface area contributed by atoms with Crippen molar-refractivity contribution in [3.8, 4) is 11.8 Å². The molecule has 98 valence electrons. The number of nitrogens with one attached hydrogen (secondary N) is 1. The molecule has 6 nitrogen and oxygen atoms in total. The van der Waals surface area contributed by atoms with Crippen LogP contribution in [0.1, 0.15) is 17.2 Å². The van der Waals surface area contributed by atoms with Crippen LogP contribution in [0.5, 0.6) is 5.75 Å². The first-order valence-electron chi connectivity index (χ1n) is 5.83. The van der Waals surface area contributed by atoms with Crippen LogP contribution in [0.2, 0.25) is 0 Å². The van der Waals surface area contributed by atoms with E-state index in [0.717, 1.165) is 11.6 Å². The summed E-state index contributed by atoms with van der Waals surface area (Å²) in [5.74, 6) is 2.28. The first-order chi connectivity index (χ1) is 9.17. The van der Waals surface area contributed by atoms with Crippen molar-refractivity contribution in [3.05, 3.63) is 35.4 Å². The molecular weight excluding hydrogens is 242 g/mol. The number of ether oxygens (including phenoxy) is 1. The summed E-state index contributed by atoms with van der Waals surface area (Å²) >= 11 is 0. The van der Waals surface area contributed by atoms with E-state index >= 15 is 0 Å². The van der Waals surface area contributed by atoms with Crippen LogP contribution in [-0.2, 0) is 13.6 Å². The van der Waals surface area contributed by atoms with Crippen LogP contribution < -0.4 is 10.1 Å². The van der Waals surface area contributed by atoms with Crippen LogP contribution in [0.3, 0.4) is 0 Å². The summed E-state index contributed by atoms with van der Waals surface area (Å²) in [6.07, 6.45) is 0. The van der Waals surface area contributed by atoms with Crippen molar-refractivity contribution in [1.82, 2.24) is 14.8 Å². The van der Waals surface area contributed by atoms with Gasteiger partial charge in [0.1, 0.15) is 17.6 Å². The number of anilines is 1.